The molecule has 1 aromatic carbocycles. The molecular formula is C14H18N2O7. The summed E-state index contributed by atoms with van der Waals surface area (Å²) >= 11 is 0. The molecule has 23 heavy (non-hydrogen) atoms. The van der Waals surface area contributed by atoms with Gasteiger partial charge in [0.05, 0.1) is 22.7 Å². The Morgan fingerprint density at radius 2 is 2.04 bits per heavy atom. The lowest BCUT2D eigenvalue weighted by Crippen LogP contribution is -2.34. The number of hydrogen-bond acceptors (Lipinski definition) is 7. The van der Waals surface area contributed by atoms with Gasteiger partial charge in [0.1, 0.15) is 12.2 Å². The number of ether oxygens (including phenoxy) is 1. The van der Waals surface area contributed by atoms with Crippen LogP contribution in [0.15, 0.2) is 18.2 Å². The normalized spacial score (nSPS) is 13.0. The van der Waals surface area contributed by atoms with Gasteiger partial charge in [-0.15, -0.1) is 0 Å². The van der Waals surface area contributed by atoms with Gasteiger partial charge in [0, 0.05) is 19.5 Å². The number of carbonyl (C=O) groups is 2. The fourth-order valence-corrected chi connectivity index (χ4v) is 1.86. The quantitative estimate of drug-likeness (QED) is 0.372. The van der Waals surface area contributed by atoms with Crippen LogP contribution in [0.5, 0.6) is 0 Å². The number of carbonyl (C=O) groups excluding carboxylic acids is 2. The number of amides is 1. The molecule has 1 aromatic rings. The van der Waals surface area contributed by atoms with E-state index in [2.05, 4.69) is 5.32 Å². The summed E-state index contributed by atoms with van der Waals surface area (Å²) in [6, 6.07) is 3.41. The molecule has 0 aliphatic rings. The summed E-state index contributed by atoms with van der Waals surface area (Å²) in [6.07, 6.45) is -3.04. The fourth-order valence-electron chi connectivity index (χ4n) is 1.86. The number of rotatable bonds is 7. The molecule has 0 radical (unpaired) electrons. The maximum atomic E-state index is 11.6. The molecule has 0 saturated carbocycles. The van der Waals surface area contributed by atoms with Gasteiger partial charge in [-0.05, 0) is 19.1 Å². The van der Waals surface area contributed by atoms with Crippen LogP contribution in [0.2, 0.25) is 0 Å². The van der Waals surface area contributed by atoms with E-state index in [0.29, 0.717) is 0 Å². The second-order valence-corrected chi connectivity index (χ2v) is 4.70. The van der Waals surface area contributed by atoms with Crippen LogP contribution in [0.4, 0.5) is 5.69 Å². The van der Waals surface area contributed by atoms with Gasteiger partial charge in [-0.3, -0.25) is 14.9 Å². The molecule has 0 aromatic heterocycles. The Labute approximate surface area is 132 Å². The Balaban J connectivity index is 3.08. The van der Waals surface area contributed by atoms with Crippen molar-refractivity contribution in [2.45, 2.75) is 26.1 Å². The molecule has 0 spiro atoms. The molecule has 9 heteroatoms. The Hall–Kier alpha value is -2.52. The van der Waals surface area contributed by atoms with Crippen LogP contribution >= 0.6 is 0 Å². The largest absolute Gasteiger partial charge is 0.462 e. The van der Waals surface area contributed by atoms with E-state index in [1.807, 2.05) is 0 Å². The number of nitro benzene ring substituents is 1. The zero-order valence-corrected chi connectivity index (χ0v) is 12.7. The first-order chi connectivity index (χ1) is 10.8. The maximum absolute atomic E-state index is 11.6. The second kappa shape index (κ2) is 8.20. The summed E-state index contributed by atoms with van der Waals surface area (Å²) in [6.45, 7) is 2.68. The number of nitro groups is 1. The molecular weight excluding hydrogens is 308 g/mol. The number of aliphatic hydroxyl groups is 2. The molecule has 3 N–H and O–H groups in total. The van der Waals surface area contributed by atoms with E-state index in [9.17, 15) is 29.9 Å². The predicted molar refractivity (Wildman–Crippen MR) is 78.7 cm³/mol. The smallest absolute Gasteiger partial charge is 0.338 e. The van der Waals surface area contributed by atoms with E-state index < -0.39 is 34.7 Å². The first-order valence-electron chi connectivity index (χ1n) is 6.84. The monoisotopic (exact) mass is 326 g/mol. The molecule has 0 heterocycles. The summed E-state index contributed by atoms with van der Waals surface area (Å²) in [5.41, 5.74) is -0.725. The number of benzene rings is 1. The molecule has 9 nitrogen and oxygen atoms in total. The SMILES string of the molecule is CCOC(=O)c1ccc(C(O)C(O)CNC(C)=O)c([N+](=O)[O-])c1. The number of aliphatic hydroxyl groups excluding tert-OH is 2. The molecule has 0 saturated heterocycles. The van der Waals surface area contributed by atoms with Crippen LogP contribution in [0.25, 0.3) is 0 Å². The lowest BCUT2D eigenvalue weighted by atomic mass is 10.00. The number of esters is 1. The third-order valence-corrected chi connectivity index (χ3v) is 2.98. The third kappa shape index (κ3) is 5.01. The zero-order chi connectivity index (χ0) is 17.6. The van der Waals surface area contributed by atoms with Crippen molar-refractivity contribution in [1.82, 2.24) is 5.32 Å². The third-order valence-electron chi connectivity index (χ3n) is 2.98. The minimum absolute atomic E-state index is 0.0362. The van der Waals surface area contributed by atoms with Crippen molar-refractivity contribution in [1.29, 1.82) is 0 Å². The predicted octanol–water partition coefficient (Wildman–Crippen LogP) is 0.302. The van der Waals surface area contributed by atoms with E-state index in [0.717, 1.165) is 6.07 Å². The van der Waals surface area contributed by atoms with Crippen molar-refractivity contribution >= 4 is 17.6 Å². The summed E-state index contributed by atoms with van der Waals surface area (Å²) in [5.74, 6) is -1.14. The van der Waals surface area contributed by atoms with E-state index in [1.165, 1.54) is 19.1 Å². The van der Waals surface area contributed by atoms with E-state index in [4.69, 9.17) is 4.74 Å². The number of nitrogens with zero attached hydrogens (tertiary/aromatic N) is 1. The highest BCUT2D eigenvalue weighted by Crippen LogP contribution is 2.28. The summed E-state index contributed by atoms with van der Waals surface area (Å²) < 4.78 is 4.75. The van der Waals surface area contributed by atoms with Crippen LogP contribution < -0.4 is 5.32 Å². The lowest BCUT2D eigenvalue weighted by molar-refractivity contribution is -0.386. The molecule has 2 atom stereocenters. The standard InChI is InChI=1S/C14H18N2O7/c1-3-23-14(20)9-4-5-10(11(6-9)16(21)22)13(19)12(18)7-15-8(2)17/h4-6,12-13,18-19H,3,7H2,1-2H3,(H,15,17). The van der Waals surface area contributed by atoms with Gasteiger partial charge in [-0.2, -0.15) is 0 Å². The topological polar surface area (TPSA) is 139 Å². The number of hydrogen-bond donors (Lipinski definition) is 3. The van der Waals surface area contributed by atoms with Crippen molar-refractivity contribution in [3.05, 3.63) is 39.4 Å². The van der Waals surface area contributed by atoms with Crippen molar-refractivity contribution in [3.63, 3.8) is 0 Å². The van der Waals surface area contributed by atoms with Gasteiger partial charge in [-0.1, -0.05) is 0 Å². The molecule has 0 fully saturated rings. The van der Waals surface area contributed by atoms with Crippen molar-refractivity contribution in [2.75, 3.05) is 13.2 Å². The molecule has 126 valence electrons. The van der Waals surface area contributed by atoms with Crippen LogP contribution in [-0.2, 0) is 9.53 Å². The van der Waals surface area contributed by atoms with E-state index >= 15 is 0 Å². The van der Waals surface area contributed by atoms with E-state index in [1.54, 1.807) is 6.92 Å². The van der Waals surface area contributed by atoms with Gasteiger partial charge in [0.2, 0.25) is 5.91 Å². The Bertz CT molecular complexity index is 603. The Kier molecular flexibility index (Phi) is 6.61. The van der Waals surface area contributed by atoms with Gasteiger partial charge >= 0.3 is 5.97 Å². The average molecular weight is 326 g/mol. The summed E-state index contributed by atoms with van der Waals surface area (Å²) in [5, 5.41) is 33.3. The molecule has 0 bridgehead atoms. The molecule has 2 unspecified atom stereocenters. The lowest BCUT2D eigenvalue weighted by Gasteiger charge is -2.18. The van der Waals surface area contributed by atoms with E-state index in [-0.39, 0.29) is 24.3 Å². The Morgan fingerprint density at radius 1 is 1.39 bits per heavy atom. The fraction of sp³-hybridized carbons (Fsp3) is 0.429. The van der Waals surface area contributed by atoms with Crippen LogP contribution in [0.1, 0.15) is 35.9 Å². The van der Waals surface area contributed by atoms with Crippen molar-refractivity contribution < 1.29 is 29.5 Å². The van der Waals surface area contributed by atoms with Crippen LogP contribution in [0.3, 0.4) is 0 Å². The molecule has 1 amide bonds. The summed E-state index contributed by atoms with van der Waals surface area (Å²) in [7, 11) is 0. The highest BCUT2D eigenvalue weighted by Gasteiger charge is 2.27. The minimum Gasteiger partial charge on any atom is -0.462 e. The van der Waals surface area contributed by atoms with Gasteiger partial charge in [-0.25, -0.2) is 4.79 Å². The van der Waals surface area contributed by atoms with Gasteiger partial charge in [0.15, 0.2) is 0 Å². The average Bonchev–Trinajstić information content (AvgIpc) is 2.51. The molecule has 1 rings (SSSR count). The zero-order valence-electron chi connectivity index (χ0n) is 12.7. The first-order valence-corrected chi connectivity index (χ1v) is 6.84. The second-order valence-electron chi connectivity index (χ2n) is 4.70. The minimum atomic E-state index is -1.60. The highest BCUT2D eigenvalue weighted by molar-refractivity contribution is 5.90. The highest BCUT2D eigenvalue weighted by atomic mass is 16.6. The van der Waals surface area contributed by atoms with Crippen LogP contribution in [0, 0.1) is 10.1 Å². The van der Waals surface area contributed by atoms with Crippen LogP contribution in [-0.4, -0.2) is 46.3 Å². The molecule has 0 aliphatic carbocycles. The molecule has 0 aliphatic heterocycles. The first kappa shape index (κ1) is 18.5. The van der Waals surface area contributed by atoms with Gasteiger partial charge < -0.3 is 20.3 Å². The van der Waals surface area contributed by atoms with Crippen molar-refractivity contribution in [3.8, 4) is 0 Å². The van der Waals surface area contributed by atoms with Crippen molar-refractivity contribution in [2.24, 2.45) is 0 Å². The summed E-state index contributed by atoms with van der Waals surface area (Å²) in [4.78, 5) is 32.8. The van der Waals surface area contributed by atoms with Gasteiger partial charge in [0.25, 0.3) is 5.69 Å². The maximum Gasteiger partial charge on any atom is 0.338 e. The number of nitrogens with one attached hydrogen (secondary N) is 1. The Morgan fingerprint density at radius 3 is 2.57 bits per heavy atom.